The lowest BCUT2D eigenvalue weighted by molar-refractivity contribution is 0.0600. The van der Waals surface area contributed by atoms with Crippen LogP contribution < -0.4 is 5.32 Å². The van der Waals surface area contributed by atoms with Crippen LogP contribution in [0, 0.1) is 5.92 Å². The first-order chi connectivity index (χ1) is 10.1. The highest BCUT2D eigenvalue weighted by atomic mass is 16.5. The van der Waals surface area contributed by atoms with Gasteiger partial charge in [0.15, 0.2) is 0 Å². The number of rotatable bonds is 5. The molecule has 2 rings (SSSR count). The molecule has 1 atom stereocenters. The zero-order chi connectivity index (χ0) is 15.2. The molecule has 1 aliphatic heterocycles. The molecule has 0 radical (unpaired) electrons. The van der Waals surface area contributed by atoms with Gasteiger partial charge in [-0.3, -0.25) is 4.90 Å². The summed E-state index contributed by atoms with van der Waals surface area (Å²) in [4.78, 5) is 13.9. The van der Waals surface area contributed by atoms with E-state index >= 15 is 0 Å². The summed E-state index contributed by atoms with van der Waals surface area (Å²) in [6.45, 7) is 8.71. The number of nitrogens with zero attached hydrogens (tertiary/aromatic N) is 1. The molecule has 0 unspecified atom stereocenters. The fraction of sp³-hybridized carbons (Fsp3) is 0.588. The lowest BCUT2D eigenvalue weighted by atomic mass is 10.0. The lowest BCUT2D eigenvalue weighted by Gasteiger charge is -2.34. The first-order valence-electron chi connectivity index (χ1n) is 7.71. The average molecular weight is 290 g/mol. The number of hydrogen-bond donors (Lipinski definition) is 1. The fourth-order valence-corrected chi connectivity index (χ4v) is 2.89. The molecule has 1 fully saturated rings. The Morgan fingerprint density at radius 1 is 1.38 bits per heavy atom. The van der Waals surface area contributed by atoms with Gasteiger partial charge in [0.1, 0.15) is 0 Å². The van der Waals surface area contributed by atoms with Crippen molar-refractivity contribution in [3.8, 4) is 0 Å². The molecule has 1 aromatic rings. The molecule has 0 bridgehead atoms. The van der Waals surface area contributed by atoms with Gasteiger partial charge in [-0.15, -0.1) is 0 Å². The quantitative estimate of drug-likeness (QED) is 0.845. The van der Waals surface area contributed by atoms with Gasteiger partial charge in [0.25, 0.3) is 0 Å². The van der Waals surface area contributed by atoms with Crippen LogP contribution in [-0.4, -0.2) is 43.7 Å². The molecule has 0 amide bonds. The maximum atomic E-state index is 11.4. The molecule has 0 aromatic heterocycles. The van der Waals surface area contributed by atoms with E-state index in [4.69, 9.17) is 4.74 Å². The summed E-state index contributed by atoms with van der Waals surface area (Å²) in [5.74, 6) is 0.447. The van der Waals surface area contributed by atoms with Crippen molar-refractivity contribution in [1.82, 2.24) is 10.2 Å². The van der Waals surface area contributed by atoms with Crippen LogP contribution in [0.25, 0.3) is 0 Å². The summed E-state index contributed by atoms with van der Waals surface area (Å²) in [6.07, 6.45) is 1.22. The van der Waals surface area contributed by atoms with Crippen LogP contribution in [0.1, 0.15) is 36.2 Å². The smallest absolute Gasteiger partial charge is 0.337 e. The number of benzene rings is 1. The minimum atomic E-state index is -0.277. The van der Waals surface area contributed by atoms with E-state index in [9.17, 15) is 4.79 Å². The molecule has 4 heteroatoms. The number of ether oxygens (including phenoxy) is 1. The molecule has 0 saturated carbocycles. The molecule has 0 spiro atoms. The predicted octanol–water partition coefficient (Wildman–Crippen LogP) is 2.29. The standard InChI is InChI=1S/C17H26N2O2/c1-13(2)10-16-12-19(9-8-18-16)11-14-4-6-15(7-5-14)17(20)21-3/h4-7,13,16,18H,8-12H2,1-3H3/t16-/m1/s1. The van der Waals surface area contributed by atoms with E-state index in [-0.39, 0.29) is 5.97 Å². The SMILES string of the molecule is COC(=O)c1ccc(CN2CCN[C@H](CC(C)C)C2)cc1. The maximum absolute atomic E-state index is 11.4. The van der Waals surface area contributed by atoms with Crippen molar-refractivity contribution in [2.75, 3.05) is 26.7 Å². The number of methoxy groups -OCH3 is 1. The Hall–Kier alpha value is -1.39. The Morgan fingerprint density at radius 3 is 2.71 bits per heavy atom. The lowest BCUT2D eigenvalue weighted by Crippen LogP contribution is -2.50. The summed E-state index contributed by atoms with van der Waals surface area (Å²) in [7, 11) is 1.41. The molecule has 21 heavy (non-hydrogen) atoms. The van der Waals surface area contributed by atoms with Crippen LogP contribution in [-0.2, 0) is 11.3 Å². The van der Waals surface area contributed by atoms with Gasteiger partial charge in [0.2, 0.25) is 0 Å². The molecule has 0 aliphatic carbocycles. The van der Waals surface area contributed by atoms with Crippen molar-refractivity contribution in [1.29, 1.82) is 0 Å². The molecular formula is C17H26N2O2. The van der Waals surface area contributed by atoms with E-state index in [1.165, 1.54) is 19.1 Å². The second kappa shape index (κ2) is 7.57. The van der Waals surface area contributed by atoms with Crippen molar-refractivity contribution >= 4 is 5.97 Å². The van der Waals surface area contributed by atoms with Crippen LogP contribution in [0.5, 0.6) is 0 Å². The van der Waals surface area contributed by atoms with Crippen molar-refractivity contribution in [3.63, 3.8) is 0 Å². The largest absolute Gasteiger partial charge is 0.465 e. The second-order valence-electron chi connectivity index (χ2n) is 6.20. The number of carbonyl (C=O) groups is 1. The summed E-state index contributed by atoms with van der Waals surface area (Å²) in [5, 5.41) is 3.59. The van der Waals surface area contributed by atoms with Gasteiger partial charge in [0.05, 0.1) is 12.7 Å². The van der Waals surface area contributed by atoms with E-state index in [0.29, 0.717) is 11.6 Å². The van der Waals surface area contributed by atoms with E-state index in [0.717, 1.165) is 32.1 Å². The molecular weight excluding hydrogens is 264 g/mol. The molecule has 1 aromatic carbocycles. The zero-order valence-electron chi connectivity index (χ0n) is 13.3. The van der Waals surface area contributed by atoms with Gasteiger partial charge >= 0.3 is 5.97 Å². The average Bonchev–Trinajstić information content (AvgIpc) is 2.47. The van der Waals surface area contributed by atoms with Crippen LogP contribution >= 0.6 is 0 Å². The van der Waals surface area contributed by atoms with Crippen LogP contribution in [0.3, 0.4) is 0 Å². The van der Waals surface area contributed by atoms with Gasteiger partial charge in [-0.1, -0.05) is 26.0 Å². The third-order valence-corrected chi connectivity index (χ3v) is 3.88. The van der Waals surface area contributed by atoms with E-state index in [1.54, 1.807) is 0 Å². The van der Waals surface area contributed by atoms with Gasteiger partial charge in [-0.2, -0.15) is 0 Å². The molecule has 1 N–H and O–H groups in total. The van der Waals surface area contributed by atoms with Gasteiger partial charge in [-0.25, -0.2) is 4.79 Å². The number of esters is 1. The highest BCUT2D eigenvalue weighted by Gasteiger charge is 2.20. The predicted molar refractivity (Wildman–Crippen MR) is 84.3 cm³/mol. The minimum Gasteiger partial charge on any atom is -0.465 e. The van der Waals surface area contributed by atoms with Gasteiger partial charge in [0, 0.05) is 32.2 Å². The van der Waals surface area contributed by atoms with Crippen LogP contribution in [0.4, 0.5) is 0 Å². The summed E-state index contributed by atoms with van der Waals surface area (Å²) < 4.78 is 4.72. The van der Waals surface area contributed by atoms with Crippen molar-refractivity contribution in [2.24, 2.45) is 5.92 Å². The zero-order valence-corrected chi connectivity index (χ0v) is 13.3. The van der Waals surface area contributed by atoms with Gasteiger partial charge < -0.3 is 10.1 Å². The van der Waals surface area contributed by atoms with Crippen LogP contribution in [0.15, 0.2) is 24.3 Å². The highest BCUT2D eigenvalue weighted by Crippen LogP contribution is 2.13. The molecule has 4 nitrogen and oxygen atoms in total. The highest BCUT2D eigenvalue weighted by molar-refractivity contribution is 5.89. The summed E-state index contributed by atoms with van der Waals surface area (Å²) >= 11 is 0. The summed E-state index contributed by atoms with van der Waals surface area (Å²) in [5.41, 5.74) is 1.85. The van der Waals surface area contributed by atoms with E-state index < -0.39 is 0 Å². The van der Waals surface area contributed by atoms with E-state index in [1.807, 2.05) is 24.3 Å². The third-order valence-electron chi connectivity index (χ3n) is 3.88. The molecule has 116 valence electrons. The Balaban J connectivity index is 1.90. The van der Waals surface area contributed by atoms with Gasteiger partial charge in [-0.05, 0) is 30.0 Å². The third kappa shape index (κ3) is 4.83. The monoisotopic (exact) mass is 290 g/mol. The first-order valence-corrected chi connectivity index (χ1v) is 7.71. The maximum Gasteiger partial charge on any atom is 0.337 e. The first kappa shape index (κ1) is 16.0. The number of piperazine rings is 1. The topological polar surface area (TPSA) is 41.6 Å². The number of nitrogens with one attached hydrogen (secondary N) is 1. The summed E-state index contributed by atoms with van der Waals surface area (Å²) in [6, 6.07) is 8.31. The van der Waals surface area contributed by atoms with Crippen molar-refractivity contribution < 1.29 is 9.53 Å². The fourth-order valence-electron chi connectivity index (χ4n) is 2.89. The Labute approximate surface area is 127 Å². The molecule has 1 heterocycles. The Kier molecular flexibility index (Phi) is 5.76. The minimum absolute atomic E-state index is 0.277. The Morgan fingerprint density at radius 2 is 2.10 bits per heavy atom. The van der Waals surface area contributed by atoms with Crippen molar-refractivity contribution in [2.45, 2.75) is 32.9 Å². The van der Waals surface area contributed by atoms with E-state index in [2.05, 4.69) is 24.1 Å². The second-order valence-corrected chi connectivity index (χ2v) is 6.20. The molecule has 1 saturated heterocycles. The van der Waals surface area contributed by atoms with Crippen molar-refractivity contribution in [3.05, 3.63) is 35.4 Å². The number of carbonyl (C=O) groups excluding carboxylic acids is 1. The normalized spacial score (nSPS) is 19.7. The van der Waals surface area contributed by atoms with Crippen LogP contribution in [0.2, 0.25) is 0 Å². The Bertz CT molecular complexity index is 456. The molecule has 1 aliphatic rings. The number of hydrogen-bond acceptors (Lipinski definition) is 4.